The maximum atomic E-state index is 9.37. The predicted octanol–water partition coefficient (Wildman–Crippen LogP) is -3.25. The van der Waals surface area contributed by atoms with Gasteiger partial charge >= 0.3 is 0 Å². The van der Waals surface area contributed by atoms with Crippen molar-refractivity contribution in [2.75, 3.05) is 13.2 Å². The zero-order valence-corrected chi connectivity index (χ0v) is 6.42. The lowest BCUT2D eigenvalue weighted by atomic mass is 9.95. The molecule has 0 amide bonds. The van der Waals surface area contributed by atoms with E-state index in [2.05, 4.69) is 4.74 Å². The Morgan fingerprint density at radius 1 is 1.50 bits per heavy atom. The average Bonchev–Trinajstić information content (AvgIpc) is 2.09. The number of aliphatic hydroxyl groups excluding tert-OH is 3. The molecule has 12 heavy (non-hydrogen) atoms. The van der Waals surface area contributed by atoms with Crippen LogP contribution in [0.2, 0.25) is 0 Å². The predicted molar refractivity (Wildman–Crippen MR) is 38.0 cm³/mol. The molecule has 0 spiro atoms. The van der Waals surface area contributed by atoms with Crippen LogP contribution >= 0.6 is 0 Å². The highest BCUT2D eigenvalue weighted by Gasteiger charge is 2.46. The number of hydrogen-bond acceptors (Lipinski definition) is 6. The third-order valence-corrected chi connectivity index (χ3v) is 2.01. The van der Waals surface area contributed by atoms with E-state index in [9.17, 15) is 10.2 Å². The first-order valence-corrected chi connectivity index (χ1v) is 3.60. The minimum Gasteiger partial charge on any atom is -0.391 e. The lowest BCUT2D eigenvalue weighted by molar-refractivity contribution is -0.292. The quantitative estimate of drug-likeness (QED) is 0.288. The zero-order valence-electron chi connectivity index (χ0n) is 6.42. The van der Waals surface area contributed by atoms with Crippen molar-refractivity contribution in [3.05, 3.63) is 0 Å². The third kappa shape index (κ3) is 1.45. The monoisotopic (exact) mass is 179 g/mol. The molecule has 6 nitrogen and oxygen atoms in total. The van der Waals surface area contributed by atoms with Crippen molar-refractivity contribution >= 4 is 0 Å². The third-order valence-electron chi connectivity index (χ3n) is 2.01. The first-order chi connectivity index (χ1) is 5.51. The summed E-state index contributed by atoms with van der Waals surface area (Å²) in [4.78, 5) is 0. The Morgan fingerprint density at radius 2 is 2.08 bits per heavy atom. The van der Waals surface area contributed by atoms with Gasteiger partial charge in [-0.15, -0.1) is 0 Å². The summed E-state index contributed by atoms with van der Waals surface area (Å²) in [6, 6.07) is -1.20. The van der Waals surface area contributed by atoms with E-state index in [-0.39, 0.29) is 6.61 Å². The fourth-order valence-corrected chi connectivity index (χ4v) is 1.08. The molecule has 1 fully saturated rings. The molecule has 0 radical (unpaired) electrons. The molecule has 1 heterocycles. The summed E-state index contributed by atoms with van der Waals surface area (Å²) in [7, 11) is 0. The van der Waals surface area contributed by atoms with Crippen molar-refractivity contribution in [1.82, 2.24) is 0 Å². The van der Waals surface area contributed by atoms with Crippen LogP contribution < -0.4 is 5.73 Å². The van der Waals surface area contributed by atoms with Gasteiger partial charge in [-0.2, -0.15) is 0 Å². The molecular weight excluding hydrogens is 166 g/mol. The molecule has 1 unspecified atom stereocenters. The van der Waals surface area contributed by atoms with Crippen molar-refractivity contribution in [2.24, 2.45) is 5.73 Å². The van der Waals surface area contributed by atoms with Crippen molar-refractivity contribution in [3.8, 4) is 0 Å². The normalized spacial score (nSPS) is 49.2. The molecule has 4 atom stereocenters. The summed E-state index contributed by atoms with van der Waals surface area (Å²) in [5.74, 6) is -1.95. The number of ether oxygens (including phenoxy) is 1. The molecule has 1 aliphatic rings. The molecule has 1 aliphatic heterocycles. The van der Waals surface area contributed by atoms with Crippen LogP contribution in [0.1, 0.15) is 0 Å². The summed E-state index contributed by atoms with van der Waals surface area (Å²) >= 11 is 0. The van der Waals surface area contributed by atoms with Crippen LogP contribution in [-0.4, -0.2) is 57.7 Å². The van der Waals surface area contributed by atoms with E-state index < -0.39 is 30.6 Å². The van der Waals surface area contributed by atoms with Gasteiger partial charge in [0.15, 0.2) is 0 Å². The molecule has 0 aromatic carbocycles. The maximum absolute atomic E-state index is 9.37. The highest BCUT2D eigenvalue weighted by atomic mass is 16.6. The van der Waals surface area contributed by atoms with Crippen molar-refractivity contribution in [2.45, 2.75) is 24.0 Å². The SMILES string of the molecule is N[C@H]1[C@H](O)[C@@H](O)COC1(O)CO. The maximum Gasteiger partial charge on any atom is 0.207 e. The largest absolute Gasteiger partial charge is 0.391 e. The molecule has 6 N–H and O–H groups in total. The highest BCUT2D eigenvalue weighted by Crippen LogP contribution is 2.21. The Labute approximate surface area is 69.2 Å². The van der Waals surface area contributed by atoms with E-state index in [1.165, 1.54) is 0 Å². The van der Waals surface area contributed by atoms with E-state index in [1.807, 2.05) is 0 Å². The van der Waals surface area contributed by atoms with E-state index in [0.29, 0.717) is 0 Å². The lowest BCUT2D eigenvalue weighted by Crippen LogP contribution is -2.66. The van der Waals surface area contributed by atoms with Crippen LogP contribution in [0.3, 0.4) is 0 Å². The first-order valence-electron chi connectivity index (χ1n) is 3.60. The smallest absolute Gasteiger partial charge is 0.207 e. The second-order valence-electron chi connectivity index (χ2n) is 2.90. The number of nitrogens with two attached hydrogens (primary N) is 1. The van der Waals surface area contributed by atoms with E-state index in [4.69, 9.17) is 15.9 Å². The number of aliphatic hydroxyl groups is 4. The van der Waals surface area contributed by atoms with Crippen LogP contribution in [0.15, 0.2) is 0 Å². The van der Waals surface area contributed by atoms with Gasteiger partial charge < -0.3 is 30.9 Å². The van der Waals surface area contributed by atoms with E-state index in [0.717, 1.165) is 0 Å². The Balaban J connectivity index is 2.71. The van der Waals surface area contributed by atoms with E-state index >= 15 is 0 Å². The second kappa shape index (κ2) is 3.25. The van der Waals surface area contributed by atoms with Crippen molar-refractivity contribution in [1.29, 1.82) is 0 Å². The van der Waals surface area contributed by atoms with Gasteiger partial charge in [0.25, 0.3) is 0 Å². The molecular formula is C6H13NO5. The zero-order chi connectivity index (χ0) is 9.35. The molecule has 1 rings (SSSR count). The molecule has 0 aromatic heterocycles. The fourth-order valence-electron chi connectivity index (χ4n) is 1.08. The molecule has 6 heteroatoms. The second-order valence-corrected chi connectivity index (χ2v) is 2.90. The van der Waals surface area contributed by atoms with Crippen LogP contribution in [-0.2, 0) is 4.74 Å². The fraction of sp³-hybridized carbons (Fsp3) is 1.00. The summed E-state index contributed by atoms with van der Waals surface area (Å²) in [5, 5.41) is 36.3. The van der Waals surface area contributed by atoms with Gasteiger partial charge in [-0.1, -0.05) is 0 Å². The minimum atomic E-state index is -1.95. The summed E-state index contributed by atoms with van der Waals surface area (Å²) in [6.45, 7) is -0.954. The topological polar surface area (TPSA) is 116 Å². The van der Waals surface area contributed by atoms with Crippen LogP contribution in [0.5, 0.6) is 0 Å². The summed E-state index contributed by atoms with van der Waals surface area (Å²) < 4.78 is 4.68. The van der Waals surface area contributed by atoms with Gasteiger partial charge in [0, 0.05) is 0 Å². The lowest BCUT2D eigenvalue weighted by Gasteiger charge is -2.41. The minimum absolute atomic E-state index is 0.244. The molecule has 0 aliphatic carbocycles. The number of hydrogen-bond donors (Lipinski definition) is 5. The Hall–Kier alpha value is -0.240. The van der Waals surface area contributed by atoms with Crippen LogP contribution in [0.25, 0.3) is 0 Å². The van der Waals surface area contributed by atoms with Gasteiger partial charge in [0.1, 0.15) is 12.2 Å². The Morgan fingerprint density at radius 3 is 2.58 bits per heavy atom. The van der Waals surface area contributed by atoms with Gasteiger partial charge in [0.05, 0.1) is 19.3 Å². The Kier molecular flexibility index (Phi) is 2.67. The molecule has 0 saturated carbocycles. The van der Waals surface area contributed by atoms with Crippen LogP contribution in [0.4, 0.5) is 0 Å². The molecule has 0 aromatic rings. The van der Waals surface area contributed by atoms with E-state index in [1.54, 1.807) is 0 Å². The standard InChI is InChI=1S/C6H13NO5/c7-5-4(10)3(9)1-12-6(5,11)2-8/h3-5,8-11H,1-2,7H2/t3-,4+,5-,6?/m0/s1. The van der Waals surface area contributed by atoms with Crippen molar-refractivity contribution in [3.63, 3.8) is 0 Å². The highest BCUT2D eigenvalue weighted by molar-refractivity contribution is 4.94. The first kappa shape index (κ1) is 9.85. The van der Waals surface area contributed by atoms with Gasteiger partial charge in [0.2, 0.25) is 5.79 Å². The average molecular weight is 179 g/mol. The van der Waals surface area contributed by atoms with Gasteiger partial charge in [-0.25, -0.2) is 0 Å². The van der Waals surface area contributed by atoms with Crippen LogP contribution in [0, 0.1) is 0 Å². The Bertz CT molecular complexity index is 166. The van der Waals surface area contributed by atoms with Gasteiger partial charge in [-0.05, 0) is 0 Å². The molecule has 0 bridgehead atoms. The number of rotatable bonds is 1. The van der Waals surface area contributed by atoms with Crippen molar-refractivity contribution < 1.29 is 25.2 Å². The molecule has 1 saturated heterocycles. The summed E-state index contributed by atoms with van der Waals surface area (Å²) in [6.07, 6.45) is -2.40. The summed E-state index contributed by atoms with van der Waals surface area (Å²) in [5.41, 5.74) is 5.31. The van der Waals surface area contributed by atoms with Gasteiger partial charge in [-0.3, -0.25) is 0 Å². The molecule has 72 valence electrons.